The molecule has 2 heterocycles. The summed E-state index contributed by atoms with van der Waals surface area (Å²) in [5.74, 6) is -0.310. The summed E-state index contributed by atoms with van der Waals surface area (Å²) in [5, 5.41) is -0.264. The zero-order valence-electron chi connectivity index (χ0n) is 10.6. The van der Waals surface area contributed by atoms with E-state index < -0.39 is 10.0 Å². The van der Waals surface area contributed by atoms with Gasteiger partial charge in [-0.2, -0.15) is 0 Å². The summed E-state index contributed by atoms with van der Waals surface area (Å²) in [6, 6.07) is 2.60. The van der Waals surface area contributed by atoms with E-state index >= 15 is 0 Å². The third-order valence-corrected chi connectivity index (χ3v) is 4.36. The number of piperidine rings is 1. The minimum atomic E-state index is -3.66. The van der Waals surface area contributed by atoms with E-state index in [1.807, 2.05) is 0 Å². The summed E-state index contributed by atoms with van der Waals surface area (Å²) in [7, 11) is -2.38. The molecule has 106 valence electrons. The van der Waals surface area contributed by atoms with Crippen LogP contribution < -0.4 is 10.5 Å². The summed E-state index contributed by atoms with van der Waals surface area (Å²) < 4.78 is 30.3. The van der Waals surface area contributed by atoms with Crippen molar-refractivity contribution in [1.82, 2.24) is 9.62 Å². The lowest BCUT2D eigenvalue weighted by Gasteiger charge is -2.29. The maximum absolute atomic E-state index is 12.1. The molecule has 0 radical (unpaired) electrons. The van der Waals surface area contributed by atoms with Gasteiger partial charge in [-0.1, -0.05) is 0 Å². The lowest BCUT2D eigenvalue weighted by molar-refractivity contribution is 0.0671. The Labute approximate surface area is 111 Å². The molecule has 0 aliphatic carbocycles. The van der Waals surface area contributed by atoms with Crippen LogP contribution in [0.25, 0.3) is 0 Å². The fourth-order valence-electron chi connectivity index (χ4n) is 2.03. The Hall–Kier alpha value is -1.38. The molecule has 1 aromatic rings. The van der Waals surface area contributed by atoms with Crippen molar-refractivity contribution in [3.05, 3.63) is 17.9 Å². The third kappa shape index (κ3) is 2.96. The number of rotatable bonds is 3. The van der Waals surface area contributed by atoms with Gasteiger partial charge < -0.3 is 15.1 Å². The predicted molar refractivity (Wildman–Crippen MR) is 68.1 cm³/mol. The molecule has 1 aromatic heterocycles. The van der Waals surface area contributed by atoms with E-state index in [2.05, 4.69) is 4.72 Å². The van der Waals surface area contributed by atoms with Crippen molar-refractivity contribution in [2.75, 3.05) is 20.1 Å². The Morgan fingerprint density at radius 2 is 2.26 bits per heavy atom. The second-order valence-electron chi connectivity index (χ2n) is 4.48. The lowest BCUT2D eigenvalue weighted by Crippen LogP contribution is -2.45. The number of nitrogens with two attached hydrogens (primary N) is 1. The van der Waals surface area contributed by atoms with E-state index in [-0.39, 0.29) is 22.8 Å². The molecule has 1 unspecified atom stereocenters. The van der Waals surface area contributed by atoms with Gasteiger partial charge in [0.15, 0.2) is 5.76 Å². The normalized spacial score (nSPS) is 20.5. The van der Waals surface area contributed by atoms with Crippen LogP contribution in [-0.2, 0) is 10.0 Å². The van der Waals surface area contributed by atoms with Gasteiger partial charge in [0.2, 0.25) is 5.09 Å². The van der Waals surface area contributed by atoms with Gasteiger partial charge in [-0.25, -0.2) is 13.1 Å². The lowest BCUT2D eigenvalue weighted by atomic mass is 10.1. The molecule has 1 amide bonds. The largest absolute Gasteiger partial charge is 0.438 e. The second-order valence-corrected chi connectivity index (χ2v) is 6.30. The van der Waals surface area contributed by atoms with E-state index in [1.165, 1.54) is 19.2 Å². The second kappa shape index (κ2) is 5.32. The third-order valence-electron chi connectivity index (χ3n) is 3.07. The highest BCUT2D eigenvalue weighted by molar-refractivity contribution is 7.89. The summed E-state index contributed by atoms with van der Waals surface area (Å²) in [5.41, 5.74) is 5.81. The van der Waals surface area contributed by atoms with Gasteiger partial charge in [0, 0.05) is 19.1 Å². The van der Waals surface area contributed by atoms with Crippen LogP contribution in [0.3, 0.4) is 0 Å². The molecule has 3 N–H and O–H groups in total. The highest BCUT2D eigenvalue weighted by Gasteiger charge is 2.26. The number of likely N-dealkylation sites (tertiary alicyclic amines) is 1. The van der Waals surface area contributed by atoms with Crippen LogP contribution in [0.5, 0.6) is 0 Å². The van der Waals surface area contributed by atoms with Crippen molar-refractivity contribution in [3.8, 4) is 0 Å². The number of hydrogen-bond acceptors (Lipinski definition) is 5. The zero-order valence-corrected chi connectivity index (χ0v) is 11.4. The minimum Gasteiger partial charge on any atom is -0.438 e. The van der Waals surface area contributed by atoms with E-state index in [9.17, 15) is 13.2 Å². The summed E-state index contributed by atoms with van der Waals surface area (Å²) in [6.07, 6.45) is 1.73. The van der Waals surface area contributed by atoms with Crippen molar-refractivity contribution >= 4 is 15.9 Å². The monoisotopic (exact) mass is 287 g/mol. The molecule has 1 aliphatic rings. The Kier molecular flexibility index (Phi) is 3.93. The Morgan fingerprint density at radius 3 is 2.89 bits per heavy atom. The molecule has 1 aliphatic heterocycles. The van der Waals surface area contributed by atoms with Crippen LogP contribution in [0.15, 0.2) is 21.6 Å². The topological polar surface area (TPSA) is 106 Å². The zero-order chi connectivity index (χ0) is 14.0. The van der Waals surface area contributed by atoms with Crippen molar-refractivity contribution < 1.29 is 17.6 Å². The van der Waals surface area contributed by atoms with Crippen LogP contribution in [0.4, 0.5) is 0 Å². The smallest absolute Gasteiger partial charge is 0.289 e. The van der Waals surface area contributed by atoms with Crippen LogP contribution >= 0.6 is 0 Å². The van der Waals surface area contributed by atoms with Gasteiger partial charge in [0.05, 0.1) is 0 Å². The highest BCUT2D eigenvalue weighted by Crippen LogP contribution is 2.17. The quantitative estimate of drug-likeness (QED) is 0.797. The molecule has 0 aromatic carbocycles. The number of sulfonamides is 1. The Morgan fingerprint density at radius 1 is 1.53 bits per heavy atom. The summed E-state index contributed by atoms with van der Waals surface area (Å²) in [4.78, 5) is 13.7. The number of carbonyl (C=O) groups excluding carboxylic acids is 1. The van der Waals surface area contributed by atoms with Crippen LogP contribution in [-0.4, -0.2) is 45.4 Å². The van der Waals surface area contributed by atoms with Gasteiger partial charge in [0.1, 0.15) is 0 Å². The number of hydrogen-bond donors (Lipinski definition) is 2. The van der Waals surface area contributed by atoms with Crippen LogP contribution in [0.1, 0.15) is 23.4 Å². The molecule has 1 saturated heterocycles. The molecule has 2 rings (SSSR count). The molecule has 0 bridgehead atoms. The van der Waals surface area contributed by atoms with Crippen LogP contribution in [0, 0.1) is 0 Å². The van der Waals surface area contributed by atoms with Gasteiger partial charge in [-0.15, -0.1) is 0 Å². The first-order valence-corrected chi connectivity index (χ1v) is 7.50. The molecule has 19 heavy (non-hydrogen) atoms. The van der Waals surface area contributed by atoms with Crippen molar-refractivity contribution in [3.63, 3.8) is 0 Å². The predicted octanol–water partition coefficient (Wildman–Crippen LogP) is -0.249. The van der Waals surface area contributed by atoms with Gasteiger partial charge in [-0.3, -0.25) is 4.79 Å². The summed E-state index contributed by atoms with van der Waals surface area (Å²) >= 11 is 0. The molecule has 1 atom stereocenters. The van der Waals surface area contributed by atoms with E-state index in [0.717, 1.165) is 12.8 Å². The average Bonchev–Trinajstić information content (AvgIpc) is 2.88. The fraction of sp³-hybridized carbons (Fsp3) is 0.545. The van der Waals surface area contributed by atoms with Crippen molar-refractivity contribution in [2.24, 2.45) is 5.73 Å². The number of furan rings is 1. The molecule has 7 nitrogen and oxygen atoms in total. The van der Waals surface area contributed by atoms with Gasteiger partial charge in [0.25, 0.3) is 15.9 Å². The molecule has 0 saturated carbocycles. The number of nitrogens with zero attached hydrogens (tertiary/aromatic N) is 1. The van der Waals surface area contributed by atoms with Crippen LogP contribution in [0.2, 0.25) is 0 Å². The average molecular weight is 287 g/mol. The molecule has 1 fully saturated rings. The van der Waals surface area contributed by atoms with Gasteiger partial charge in [-0.05, 0) is 32.0 Å². The first kappa shape index (κ1) is 14.0. The number of amides is 1. The molecule has 0 spiro atoms. The fourth-order valence-corrected chi connectivity index (χ4v) is 2.68. The first-order valence-electron chi connectivity index (χ1n) is 6.02. The molecular formula is C11H17N3O4S. The first-order chi connectivity index (χ1) is 8.94. The van der Waals surface area contributed by atoms with Crippen molar-refractivity contribution in [1.29, 1.82) is 0 Å². The number of carbonyl (C=O) groups is 1. The summed E-state index contributed by atoms with van der Waals surface area (Å²) in [6.45, 7) is 1.08. The maximum atomic E-state index is 12.1. The van der Waals surface area contributed by atoms with E-state index in [4.69, 9.17) is 10.2 Å². The maximum Gasteiger partial charge on any atom is 0.289 e. The molecule has 8 heteroatoms. The SMILES string of the molecule is CNS(=O)(=O)c1ccc(C(=O)N2CCCC(N)C2)o1. The van der Waals surface area contributed by atoms with Gasteiger partial charge >= 0.3 is 0 Å². The minimum absolute atomic E-state index is 0.0166. The Balaban J connectivity index is 2.16. The highest BCUT2D eigenvalue weighted by atomic mass is 32.2. The van der Waals surface area contributed by atoms with Crippen molar-refractivity contribution in [2.45, 2.75) is 24.0 Å². The number of nitrogens with one attached hydrogen (secondary N) is 1. The standard InChI is InChI=1S/C11H17N3O4S/c1-13-19(16,17)10-5-4-9(18-10)11(15)14-6-2-3-8(12)7-14/h4-5,8,13H,2-3,6-7,12H2,1H3. The Bertz CT molecular complexity index is 566. The van der Waals surface area contributed by atoms with E-state index in [1.54, 1.807) is 4.90 Å². The molecular weight excluding hydrogens is 270 g/mol. The van der Waals surface area contributed by atoms with E-state index in [0.29, 0.717) is 13.1 Å².